The third-order valence-electron chi connectivity index (χ3n) is 5.42. The van der Waals surface area contributed by atoms with E-state index in [-0.39, 0.29) is 12.3 Å². The largest absolute Gasteiger partial charge is 0.313 e. The lowest BCUT2D eigenvalue weighted by molar-refractivity contribution is 0.588. The van der Waals surface area contributed by atoms with Crippen molar-refractivity contribution in [2.75, 3.05) is 12.3 Å². The molecule has 4 aromatic rings. The van der Waals surface area contributed by atoms with Gasteiger partial charge in [0.1, 0.15) is 0 Å². The van der Waals surface area contributed by atoms with Gasteiger partial charge in [-0.25, -0.2) is 0 Å². The van der Waals surface area contributed by atoms with Crippen LogP contribution in [0.2, 0.25) is 0 Å². The third-order valence-corrected chi connectivity index (χ3v) is 11.2. The van der Waals surface area contributed by atoms with Crippen LogP contribution in [0, 0.1) is 11.8 Å². The van der Waals surface area contributed by atoms with Crippen LogP contribution in [0.4, 0.5) is 0 Å². The van der Waals surface area contributed by atoms with Crippen LogP contribution >= 0.6 is 14.3 Å². The van der Waals surface area contributed by atoms with Crippen LogP contribution in [0.25, 0.3) is 0 Å². The predicted molar refractivity (Wildman–Crippen MR) is 137 cm³/mol. The topological polar surface area (TPSA) is 34.1 Å². The molecular formula is C28H24O2P2. The minimum Gasteiger partial charge on any atom is -0.313 e. The molecule has 0 radical (unpaired) electrons. The van der Waals surface area contributed by atoms with E-state index < -0.39 is 14.3 Å². The van der Waals surface area contributed by atoms with Crippen molar-refractivity contribution in [3.63, 3.8) is 0 Å². The summed E-state index contributed by atoms with van der Waals surface area (Å²) in [5, 5.41) is 3.15. The van der Waals surface area contributed by atoms with Gasteiger partial charge in [0.15, 0.2) is 14.3 Å². The van der Waals surface area contributed by atoms with Crippen LogP contribution in [0.5, 0.6) is 0 Å². The Balaban J connectivity index is 1.67. The van der Waals surface area contributed by atoms with Gasteiger partial charge in [-0.15, -0.1) is 0 Å². The molecule has 0 saturated heterocycles. The van der Waals surface area contributed by atoms with Crippen molar-refractivity contribution in [2.24, 2.45) is 0 Å². The first kappa shape index (κ1) is 22.1. The minimum absolute atomic E-state index is 0.213. The maximum Gasteiger partial charge on any atom is 0.154 e. The molecule has 4 aromatic carbocycles. The molecule has 0 aliphatic heterocycles. The van der Waals surface area contributed by atoms with Gasteiger partial charge >= 0.3 is 0 Å². The van der Waals surface area contributed by atoms with Crippen molar-refractivity contribution in [1.29, 1.82) is 0 Å². The summed E-state index contributed by atoms with van der Waals surface area (Å²) in [6.07, 6.45) is 0.426. The molecule has 32 heavy (non-hydrogen) atoms. The molecule has 4 rings (SSSR count). The molecule has 0 bridgehead atoms. The first-order chi connectivity index (χ1) is 15.6. The summed E-state index contributed by atoms with van der Waals surface area (Å²) in [5.41, 5.74) is 0. The monoisotopic (exact) mass is 454 g/mol. The van der Waals surface area contributed by atoms with Gasteiger partial charge in [0.05, 0.1) is 12.3 Å². The summed E-state index contributed by atoms with van der Waals surface area (Å²) in [6.45, 7) is 0. The van der Waals surface area contributed by atoms with Gasteiger partial charge in [-0.2, -0.15) is 0 Å². The Bertz CT molecular complexity index is 1120. The van der Waals surface area contributed by atoms with Crippen LogP contribution in [-0.2, 0) is 9.13 Å². The van der Waals surface area contributed by atoms with Crippen molar-refractivity contribution in [2.45, 2.75) is 0 Å². The molecule has 0 heterocycles. The molecule has 4 heteroatoms. The zero-order valence-electron chi connectivity index (χ0n) is 17.7. The molecule has 0 saturated carbocycles. The highest BCUT2D eigenvalue weighted by atomic mass is 31.2. The van der Waals surface area contributed by atoms with Crippen molar-refractivity contribution >= 4 is 35.5 Å². The fourth-order valence-corrected chi connectivity index (χ4v) is 8.28. The first-order valence-corrected chi connectivity index (χ1v) is 14.3. The molecule has 0 N–H and O–H groups in total. The number of benzene rings is 4. The summed E-state index contributed by atoms with van der Waals surface area (Å²) in [6, 6.07) is 38.0. The summed E-state index contributed by atoms with van der Waals surface area (Å²) in [7, 11) is -5.83. The second-order valence-electron chi connectivity index (χ2n) is 7.49. The zero-order valence-corrected chi connectivity index (χ0v) is 19.5. The maximum absolute atomic E-state index is 14.1. The lowest BCUT2D eigenvalue weighted by atomic mass is 10.4. The van der Waals surface area contributed by atoms with Crippen LogP contribution in [0.15, 0.2) is 121 Å². The summed E-state index contributed by atoms with van der Waals surface area (Å²) in [4.78, 5) is 0. The lowest BCUT2D eigenvalue weighted by Gasteiger charge is -2.18. The fourth-order valence-electron chi connectivity index (χ4n) is 3.67. The molecule has 0 amide bonds. The van der Waals surface area contributed by atoms with E-state index >= 15 is 0 Å². The van der Waals surface area contributed by atoms with Crippen LogP contribution < -0.4 is 21.2 Å². The molecule has 0 atom stereocenters. The fraction of sp³-hybridized carbons (Fsp3) is 0.0714. The number of hydrogen-bond donors (Lipinski definition) is 0. The molecule has 158 valence electrons. The molecule has 0 unspecified atom stereocenters. The zero-order chi connectivity index (χ0) is 22.3. The maximum atomic E-state index is 14.1. The Morgan fingerprint density at radius 1 is 0.406 bits per heavy atom. The highest BCUT2D eigenvalue weighted by molar-refractivity contribution is 7.79. The van der Waals surface area contributed by atoms with Gasteiger partial charge in [0, 0.05) is 21.2 Å². The standard InChI is InChI=1S/C28H24O2P2/c29-31(25-15-5-1-6-16-25,26-17-7-2-8-18-26)23-13-14-24-32(30,27-19-9-3-10-20-27)28-21-11-4-12-22-28/h1-12,15-22H,23-24H2. The Hall–Kier alpha value is -3.10. The van der Waals surface area contributed by atoms with E-state index in [1.807, 2.05) is 121 Å². The molecule has 2 nitrogen and oxygen atoms in total. The summed E-state index contributed by atoms with van der Waals surface area (Å²) < 4.78 is 28.2. The van der Waals surface area contributed by atoms with E-state index in [0.29, 0.717) is 0 Å². The van der Waals surface area contributed by atoms with E-state index in [1.165, 1.54) is 0 Å². The summed E-state index contributed by atoms with van der Waals surface area (Å²) >= 11 is 0. The SMILES string of the molecule is O=P(CC#CCP(=O)(c1ccccc1)c1ccccc1)(c1ccccc1)c1ccccc1. The highest BCUT2D eigenvalue weighted by Crippen LogP contribution is 2.44. The van der Waals surface area contributed by atoms with Gasteiger partial charge in [0.25, 0.3) is 0 Å². The molecular weight excluding hydrogens is 430 g/mol. The van der Waals surface area contributed by atoms with Crippen molar-refractivity contribution in [3.8, 4) is 11.8 Å². The van der Waals surface area contributed by atoms with Gasteiger partial charge in [-0.3, -0.25) is 0 Å². The minimum atomic E-state index is -2.91. The van der Waals surface area contributed by atoms with E-state index in [0.717, 1.165) is 21.2 Å². The van der Waals surface area contributed by atoms with Crippen molar-refractivity contribution < 1.29 is 9.13 Å². The Morgan fingerprint density at radius 3 is 0.844 bits per heavy atom. The quantitative estimate of drug-likeness (QED) is 0.303. The smallest absolute Gasteiger partial charge is 0.154 e. The van der Waals surface area contributed by atoms with Gasteiger partial charge < -0.3 is 9.13 Å². The molecule has 0 fully saturated rings. The normalized spacial score (nSPS) is 11.4. The Morgan fingerprint density at radius 2 is 0.625 bits per heavy atom. The van der Waals surface area contributed by atoms with Crippen molar-refractivity contribution in [3.05, 3.63) is 121 Å². The van der Waals surface area contributed by atoms with E-state index in [1.54, 1.807) is 0 Å². The lowest BCUT2D eigenvalue weighted by Crippen LogP contribution is -2.19. The second kappa shape index (κ2) is 10.0. The Labute approximate surface area is 190 Å². The average molecular weight is 454 g/mol. The molecule has 0 aromatic heterocycles. The van der Waals surface area contributed by atoms with Crippen LogP contribution in [0.1, 0.15) is 0 Å². The number of rotatable bonds is 6. The van der Waals surface area contributed by atoms with Crippen molar-refractivity contribution in [1.82, 2.24) is 0 Å². The van der Waals surface area contributed by atoms with Gasteiger partial charge in [-0.1, -0.05) is 133 Å². The highest BCUT2D eigenvalue weighted by Gasteiger charge is 2.27. The Kier molecular flexibility index (Phi) is 6.92. The van der Waals surface area contributed by atoms with Crippen LogP contribution in [-0.4, -0.2) is 12.3 Å². The molecule has 0 spiro atoms. The van der Waals surface area contributed by atoms with E-state index in [9.17, 15) is 9.13 Å². The first-order valence-electron chi connectivity index (χ1n) is 10.5. The summed E-state index contributed by atoms with van der Waals surface area (Å²) in [5.74, 6) is 6.27. The van der Waals surface area contributed by atoms with E-state index in [4.69, 9.17) is 0 Å². The van der Waals surface area contributed by atoms with E-state index in [2.05, 4.69) is 11.8 Å². The number of hydrogen-bond acceptors (Lipinski definition) is 2. The van der Waals surface area contributed by atoms with Gasteiger partial charge in [-0.05, 0) is 0 Å². The van der Waals surface area contributed by atoms with Crippen LogP contribution in [0.3, 0.4) is 0 Å². The van der Waals surface area contributed by atoms with Gasteiger partial charge in [0.2, 0.25) is 0 Å². The third kappa shape index (κ3) is 4.71. The molecule has 0 aliphatic carbocycles. The average Bonchev–Trinajstić information content (AvgIpc) is 2.88. The molecule has 0 aliphatic rings. The predicted octanol–water partition coefficient (Wildman–Crippen LogP) is 5.02. The second-order valence-corrected chi connectivity index (χ2v) is 13.1.